The molecule has 0 fully saturated rings. The quantitative estimate of drug-likeness (QED) is 0.490. The van der Waals surface area contributed by atoms with Gasteiger partial charge in [0.15, 0.2) is 6.61 Å². The zero-order valence-electron chi connectivity index (χ0n) is 14.7. The lowest BCUT2D eigenvalue weighted by Crippen LogP contribution is -2.21. The lowest BCUT2D eigenvalue weighted by atomic mass is 10.3. The Morgan fingerprint density at radius 1 is 1.00 bits per heavy atom. The van der Waals surface area contributed by atoms with Crippen LogP contribution >= 0.6 is 23.2 Å². The number of benzene rings is 2. The normalized spacial score (nSPS) is 10.2. The van der Waals surface area contributed by atoms with Gasteiger partial charge >= 0.3 is 5.97 Å². The summed E-state index contributed by atoms with van der Waals surface area (Å²) in [4.78, 5) is 23.5. The zero-order chi connectivity index (χ0) is 19.6. The van der Waals surface area contributed by atoms with E-state index >= 15 is 0 Å². The second-order valence-corrected chi connectivity index (χ2v) is 6.28. The molecule has 8 heteroatoms. The van der Waals surface area contributed by atoms with E-state index in [-0.39, 0.29) is 13.0 Å². The van der Waals surface area contributed by atoms with E-state index in [1.54, 1.807) is 43.5 Å². The van der Waals surface area contributed by atoms with Gasteiger partial charge < -0.3 is 19.5 Å². The third-order valence-electron chi connectivity index (χ3n) is 3.42. The highest BCUT2D eigenvalue weighted by Gasteiger charge is 2.09. The molecule has 2 aromatic rings. The molecule has 0 bridgehead atoms. The second kappa shape index (κ2) is 10.6. The van der Waals surface area contributed by atoms with E-state index in [9.17, 15) is 9.59 Å². The first kappa shape index (κ1) is 20.9. The van der Waals surface area contributed by atoms with Crippen molar-refractivity contribution in [2.75, 3.05) is 25.6 Å². The number of anilines is 1. The van der Waals surface area contributed by atoms with Crippen molar-refractivity contribution in [2.24, 2.45) is 0 Å². The van der Waals surface area contributed by atoms with Crippen LogP contribution in [0.1, 0.15) is 12.8 Å². The summed E-state index contributed by atoms with van der Waals surface area (Å²) in [5, 5.41) is 3.28. The Hall–Kier alpha value is -2.44. The number of carbonyl (C=O) groups is 2. The Labute approximate surface area is 167 Å². The summed E-state index contributed by atoms with van der Waals surface area (Å²) in [5.41, 5.74) is 0.471. The minimum absolute atomic E-state index is 0.149. The fraction of sp³-hybridized carbons (Fsp3) is 0.263. The first-order chi connectivity index (χ1) is 13.0. The van der Waals surface area contributed by atoms with Crippen LogP contribution in [0.15, 0.2) is 42.5 Å². The summed E-state index contributed by atoms with van der Waals surface area (Å²) in [5.74, 6) is 0.490. The van der Waals surface area contributed by atoms with Gasteiger partial charge in [0.1, 0.15) is 11.5 Å². The van der Waals surface area contributed by atoms with Gasteiger partial charge in [-0.05, 0) is 48.9 Å². The molecule has 27 heavy (non-hydrogen) atoms. The molecule has 6 nitrogen and oxygen atoms in total. The van der Waals surface area contributed by atoms with E-state index in [4.69, 9.17) is 37.4 Å². The van der Waals surface area contributed by atoms with Crippen LogP contribution < -0.4 is 14.8 Å². The highest BCUT2D eigenvalue weighted by molar-refractivity contribution is 6.42. The highest BCUT2D eigenvalue weighted by atomic mass is 35.5. The molecule has 0 atom stereocenters. The van der Waals surface area contributed by atoms with Gasteiger partial charge in [-0.15, -0.1) is 0 Å². The second-order valence-electron chi connectivity index (χ2n) is 5.47. The van der Waals surface area contributed by atoms with Crippen LogP contribution in [0, 0.1) is 0 Å². The van der Waals surface area contributed by atoms with Crippen molar-refractivity contribution in [3.8, 4) is 11.5 Å². The average molecular weight is 412 g/mol. The molecule has 2 aromatic carbocycles. The topological polar surface area (TPSA) is 73.9 Å². The van der Waals surface area contributed by atoms with Crippen LogP contribution in [-0.2, 0) is 14.3 Å². The van der Waals surface area contributed by atoms with Gasteiger partial charge in [0.25, 0.3) is 5.91 Å². The van der Waals surface area contributed by atoms with Gasteiger partial charge in [-0.1, -0.05) is 23.2 Å². The van der Waals surface area contributed by atoms with Crippen molar-refractivity contribution in [1.29, 1.82) is 0 Å². The lowest BCUT2D eigenvalue weighted by Gasteiger charge is -2.08. The summed E-state index contributed by atoms with van der Waals surface area (Å²) in [6.45, 7) is -0.0185. The van der Waals surface area contributed by atoms with Crippen LogP contribution in [-0.4, -0.2) is 32.2 Å². The van der Waals surface area contributed by atoms with Gasteiger partial charge in [0.2, 0.25) is 0 Å². The molecule has 0 unspecified atom stereocenters. The molecule has 0 spiro atoms. The van der Waals surface area contributed by atoms with Crippen molar-refractivity contribution >= 4 is 40.8 Å². The van der Waals surface area contributed by atoms with Crippen LogP contribution in [0.4, 0.5) is 5.69 Å². The van der Waals surface area contributed by atoms with Crippen LogP contribution in [0.3, 0.4) is 0 Å². The van der Waals surface area contributed by atoms with Gasteiger partial charge in [-0.25, -0.2) is 0 Å². The van der Waals surface area contributed by atoms with E-state index in [1.807, 2.05) is 0 Å². The van der Waals surface area contributed by atoms with Gasteiger partial charge in [0.05, 0.1) is 23.8 Å². The number of halogens is 2. The Morgan fingerprint density at radius 3 is 2.37 bits per heavy atom. The summed E-state index contributed by atoms with van der Waals surface area (Å²) in [6.07, 6.45) is 0.621. The minimum atomic E-state index is -0.474. The third-order valence-corrected chi connectivity index (χ3v) is 4.16. The predicted molar refractivity (Wildman–Crippen MR) is 104 cm³/mol. The first-order valence-electron chi connectivity index (χ1n) is 8.15. The largest absolute Gasteiger partial charge is 0.497 e. The Kier molecular flexibility index (Phi) is 8.23. The molecule has 1 amide bonds. The van der Waals surface area contributed by atoms with Crippen molar-refractivity contribution in [3.05, 3.63) is 52.5 Å². The van der Waals surface area contributed by atoms with Crippen molar-refractivity contribution in [2.45, 2.75) is 12.8 Å². The Morgan fingerprint density at radius 2 is 1.70 bits per heavy atom. The van der Waals surface area contributed by atoms with Gasteiger partial charge in [0, 0.05) is 12.1 Å². The summed E-state index contributed by atoms with van der Waals surface area (Å²) < 4.78 is 15.5. The Bertz CT molecular complexity index is 780. The van der Waals surface area contributed by atoms with Crippen LogP contribution in [0.25, 0.3) is 0 Å². The number of methoxy groups -OCH3 is 1. The maximum absolute atomic E-state index is 11.8. The van der Waals surface area contributed by atoms with Crippen molar-refractivity contribution in [3.63, 3.8) is 0 Å². The molecule has 0 aliphatic carbocycles. The predicted octanol–water partition coefficient (Wildman–Crippen LogP) is 4.34. The molecule has 0 radical (unpaired) electrons. The Balaban J connectivity index is 1.62. The van der Waals surface area contributed by atoms with E-state index in [2.05, 4.69) is 5.32 Å². The van der Waals surface area contributed by atoms with Gasteiger partial charge in [-0.2, -0.15) is 0 Å². The molecular weight excluding hydrogens is 393 g/mol. The molecule has 0 aliphatic rings. The summed E-state index contributed by atoms with van der Waals surface area (Å²) in [7, 11) is 1.59. The number of esters is 1. The fourth-order valence-electron chi connectivity index (χ4n) is 2.07. The minimum Gasteiger partial charge on any atom is -0.497 e. The maximum atomic E-state index is 11.8. The van der Waals surface area contributed by atoms with Crippen LogP contribution in [0.5, 0.6) is 11.5 Å². The lowest BCUT2D eigenvalue weighted by molar-refractivity contribution is -0.147. The smallest absolute Gasteiger partial charge is 0.306 e. The van der Waals surface area contributed by atoms with Gasteiger partial charge in [-0.3, -0.25) is 9.59 Å². The van der Waals surface area contributed by atoms with Crippen LogP contribution in [0.2, 0.25) is 10.0 Å². The number of nitrogens with one attached hydrogen (secondary N) is 1. The molecular formula is C19H19Cl2NO5. The number of rotatable bonds is 9. The fourth-order valence-corrected chi connectivity index (χ4v) is 2.37. The van der Waals surface area contributed by atoms with E-state index in [1.165, 1.54) is 6.07 Å². The molecule has 0 saturated heterocycles. The highest BCUT2D eigenvalue weighted by Crippen LogP contribution is 2.24. The third kappa shape index (κ3) is 7.37. The summed E-state index contributed by atoms with van der Waals surface area (Å²) in [6, 6.07) is 11.8. The zero-order valence-corrected chi connectivity index (χ0v) is 16.2. The standard InChI is InChI=1S/C19H19Cl2NO5/c1-25-14-5-7-15(8-6-14)26-10-2-3-19(24)27-12-18(23)22-13-4-9-16(20)17(21)11-13/h4-9,11H,2-3,10,12H2,1H3,(H,22,23). The molecule has 1 N–H and O–H groups in total. The number of hydrogen-bond donors (Lipinski definition) is 1. The molecule has 0 aliphatic heterocycles. The van der Waals surface area contributed by atoms with Crippen molar-refractivity contribution < 1.29 is 23.8 Å². The molecule has 0 heterocycles. The number of amides is 1. The molecule has 2 rings (SSSR count). The molecule has 144 valence electrons. The van der Waals surface area contributed by atoms with E-state index in [0.717, 1.165) is 5.75 Å². The average Bonchev–Trinajstić information content (AvgIpc) is 2.67. The van der Waals surface area contributed by atoms with E-state index < -0.39 is 11.9 Å². The maximum Gasteiger partial charge on any atom is 0.306 e. The van der Waals surface area contributed by atoms with E-state index in [0.29, 0.717) is 34.5 Å². The summed E-state index contributed by atoms with van der Waals surface area (Å²) >= 11 is 11.7. The monoisotopic (exact) mass is 411 g/mol. The molecule has 0 saturated carbocycles. The SMILES string of the molecule is COc1ccc(OCCCC(=O)OCC(=O)Nc2ccc(Cl)c(Cl)c2)cc1. The molecule has 0 aromatic heterocycles. The number of carbonyl (C=O) groups excluding carboxylic acids is 2. The number of ether oxygens (including phenoxy) is 3. The number of hydrogen-bond acceptors (Lipinski definition) is 5. The first-order valence-corrected chi connectivity index (χ1v) is 8.91. The van der Waals surface area contributed by atoms with Crippen molar-refractivity contribution in [1.82, 2.24) is 0 Å².